The highest BCUT2D eigenvalue weighted by Gasteiger charge is 2.15. The van der Waals surface area contributed by atoms with Gasteiger partial charge in [0.05, 0.1) is 11.5 Å². The van der Waals surface area contributed by atoms with Gasteiger partial charge in [-0.25, -0.2) is 0 Å². The van der Waals surface area contributed by atoms with E-state index in [0.717, 1.165) is 0 Å². The average Bonchev–Trinajstić information content (AvgIpc) is 2.88. The lowest BCUT2D eigenvalue weighted by atomic mass is 10.1. The number of nitrogens with zero attached hydrogens (tertiary/aromatic N) is 2. The third kappa shape index (κ3) is 2.86. The summed E-state index contributed by atoms with van der Waals surface area (Å²) in [5, 5.41) is 17.4. The highest BCUT2D eigenvalue weighted by molar-refractivity contribution is 5.94. The van der Waals surface area contributed by atoms with Gasteiger partial charge in [-0.1, -0.05) is 5.16 Å². The molecule has 0 aliphatic carbocycles. The van der Waals surface area contributed by atoms with Crippen molar-refractivity contribution in [2.45, 2.75) is 6.54 Å². The first kappa shape index (κ1) is 12.6. The Hall–Kier alpha value is -2.90. The number of nitro benzene ring substituents is 1. The molecule has 8 heteroatoms. The first-order valence-electron chi connectivity index (χ1n) is 5.29. The highest BCUT2D eigenvalue weighted by atomic mass is 16.6. The number of nitrogens with two attached hydrogens (primary N) is 1. The molecule has 0 fully saturated rings. The Morgan fingerprint density at radius 3 is 2.84 bits per heavy atom. The molecule has 0 atom stereocenters. The maximum atomic E-state index is 11.1. The molecule has 0 unspecified atom stereocenters. The van der Waals surface area contributed by atoms with Crippen molar-refractivity contribution < 1.29 is 14.2 Å². The SMILES string of the molecule is NC(=O)c1ccc([N+](=O)[O-])c(NCc2ccon2)c1. The molecule has 2 rings (SSSR count). The molecule has 0 radical (unpaired) electrons. The van der Waals surface area contributed by atoms with Crippen LogP contribution in [0.3, 0.4) is 0 Å². The monoisotopic (exact) mass is 262 g/mol. The minimum atomic E-state index is -0.653. The summed E-state index contributed by atoms with van der Waals surface area (Å²) in [5.74, 6) is -0.653. The molecule has 0 aliphatic heterocycles. The number of nitro groups is 1. The molecule has 1 aromatic heterocycles. The molecular weight excluding hydrogens is 252 g/mol. The van der Waals surface area contributed by atoms with E-state index in [1.165, 1.54) is 24.5 Å². The van der Waals surface area contributed by atoms with Gasteiger partial charge in [0.1, 0.15) is 17.6 Å². The van der Waals surface area contributed by atoms with Crippen LogP contribution in [0.15, 0.2) is 35.1 Å². The molecule has 1 amide bonds. The van der Waals surface area contributed by atoms with Gasteiger partial charge in [0, 0.05) is 17.7 Å². The van der Waals surface area contributed by atoms with Gasteiger partial charge in [-0.3, -0.25) is 14.9 Å². The van der Waals surface area contributed by atoms with Crippen molar-refractivity contribution in [3.8, 4) is 0 Å². The van der Waals surface area contributed by atoms with Gasteiger partial charge in [-0.05, 0) is 12.1 Å². The van der Waals surface area contributed by atoms with Crippen LogP contribution >= 0.6 is 0 Å². The average molecular weight is 262 g/mol. The molecule has 2 aromatic rings. The van der Waals surface area contributed by atoms with Gasteiger partial charge in [-0.15, -0.1) is 0 Å². The maximum Gasteiger partial charge on any atom is 0.292 e. The molecule has 0 saturated carbocycles. The summed E-state index contributed by atoms with van der Waals surface area (Å²) in [6, 6.07) is 5.49. The van der Waals surface area contributed by atoms with Gasteiger partial charge >= 0.3 is 0 Å². The summed E-state index contributed by atoms with van der Waals surface area (Å²) < 4.78 is 4.64. The molecule has 1 heterocycles. The van der Waals surface area contributed by atoms with Crippen LogP contribution in [0, 0.1) is 10.1 Å². The van der Waals surface area contributed by atoms with E-state index >= 15 is 0 Å². The largest absolute Gasteiger partial charge is 0.374 e. The van der Waals surface area contributed by atoms with E-state index in [0.29, 0.717) is 5.69 Å². The molecule has 1 aromatic carbocycles. The Balaban J connectivity index is 2.27. The van der Waals surface area contributed by atoms with Crippen molar-refractivity contribution in [3.05, 3.63) is 51.9 Å². The molecule has 3 N–H and O–H groups in total. The number of carbonyl (C=O) groups excluding carboxylic acids is 1. The van der Waals surface area contributed by atoms with Crippen molar-refractivity contribution in [2.24, 2.45) is 5.73 Å². The van der Waals surface area contributed by atoms with E-state index in [4.69, 9.17) is 5.73 Å². The van der Waals surface area contributed by atoms with Crippen LogP contribution in [0.25, 0.3) is 0 Å². The fourth-order valence-electron chi connectivity index (χ4n) is 1.50. The summed E-state index contributed by atoms with van der Waals surface area (Å²) >= 11 is 0. The Kier molecular flexibility index (Phi) is 3.42. The standard InChI is InChI=1S/C11H10N4O4/c12-11(16)7-1-2-10(15(17)18)9(5-7)13-6-8-3-4-19-14-8/h1-5,13H,6H2,(H2,12,16). The summed E-state index contributed by atoms with van der Waals surface area (Å²) in [5.41, 5.74) is 5.96. The zero-order valence-electron chi connectivity index (χ0n) is 9.70. The summed E-state index contributed by atoms with van der Waals surface area (Å²) in [7, 11) is 0. The number of primary amides is 1. The first-order chi connectivity index (χ1) is 9.08. The van der Waals surface area contributed by atoms with E-state index < -0.39 is 10.8 Å². The first-order valence-corrected chi connectivity index (χ1v) is 5.29. The third-order valence-electron chi connectivity index (χ3n) is 2.43. The van der Waals surface area contributed by atoms with Gasteiger partial charge in [-0.2, -0.15) is 0 Å². The van der Waals surface area contributed by atoms with Gasteiger partial charge in [0.25, 0.3) is 5.69 Å². The lowest BCUT2D eigenvalue weighted by molar-refractivity contribution is -0.384. The van der Waals surface area contributed by atoms with Crippen LogP contribution in [0.2, 0.25) is 0 Å². The lowest BCUT2D eigenvalue weighted by Gasteiger charge is -2.06. The van der Waals surface area contributed by atoms with Crippen LogP contribution < -0.4 is 11.1 Å². The van der Waals surface area contributed by atoms with Gasteiger partial charge < -0.3 is 15.6 Å². The number of rotatable bonds is 5. The lowest BCUT2D eigenvalue weighted by Crippen LogP contribution is -2.12. The molecule has 0 bridgehead atoms. The van der Waals surface area contributed by atoms with Crippen molar-refractivity contribution >= 4 is 17.3 Å². The van der Waals surface area contributed by atoms with E-state index in [1.54, 1.807) is 6.07 Å². The van der Waals surface area contributed by atoms with Crippen LogP contribution in [0.4, 0.5) is 11.4 Å². The number of hydrogen-bond acceptors (Lipinski definition) is 6. The Bertz CT molecular complexity index is 609. The predicted molar refractivity (Wildman–Crippen MR) is 65.4 cm³/mol. The topological polar surface area (TPSA) is 124 Å². The highest BCUT2D eigenvalue weighted by Crippen LogP contribution is 2.25. The third-order valence-corrected chi connectivity index (χ3v) is 2.43. The molecular formula is C11H10N4O4. The van der Waals surface area contributed by atoms with Crippen LogP contribution in [-0.4, -0.2) is 16.0 Å². The number of carbonyl (C=O) groups is 1. The number of nitrogens with one attached hydrogen (secondary N) is 1. The minimum absolute atomic E-state index is 0.145. The smallest absolute Gasteiger partial charge is 0.292 e. The summed E-state index contributed by atoms with van der Waals surface area (Å²) in [6.45, 7) is 0.236. The number of anilines is 1. The quantitative estimate of drug-likeness (QED) is 0.618. The summed E-state index contributed by atoms with van der Waals surface area (Å²) in [6.07, 6.45) is 1.39. The zero-order chi connectivity index (χ0) is 13.8. The van der Waals surface area contributed by atoms with Crippen LogP contribution in [0.5, 0.6) is 0 Å². The van der Waals surface area contributed by atoms with E-state index in [-0.39, 0.29) is 23.5 Å². The van der Waals surface area contributed by atoms with E-state index in [9.17, 15) is 14.9 Å². The second-order valence-electron chi connectivity index (χ2n) is 3.70. The van der Waals surface area contributed by atoms with Gasteiger partial charge in [0.15, 0.2) is 0 Å². The fraction of sp³-hybridized carbons (Fsp3) is 0.0909. The second kappa shape index (κ2) is 5.17. The van der Waals surface area contributed by atoms with E-state index in [2.05, 4.69) is 15.0 Å². The van der Waals surface area contributed by atoms with Crippen LogP contribution in [0.1, 0.15) is 16.1 Å². The minimum Gasteiger partial charge on any atom is -0.374 e. The Morgan fingerprint density at radius 2 is 2.26 bits per heavy atom. The number of benzene rings is 1. The van der Waals surface area contributed by atoms with Crippen molar-refractivity contribution in [1.82, 2.24) is 5.16 Å². The molecule has 0 aliphatic rings. The number of amides is 1. The summed E-state index contributed by atoms with van der Waals surface area (Å²) in [4.78, 5) is 21.4. The van der Waals surface area contributed by atoms with Crippen LogP contribution in [-0.2, 0) is 6.54 Å². The Labute approximate surface area is 107 Å². The predicted octanol–water partition coefficient (Wildman–Crippen LogP) is 1.29. The molecule has 0 spiro atoms. The second-order valence-corrected chi connectivity index (χ2v) is 3.70. The van der Waals surface area contributed by atoms with Crippen molar-refractivity contribution in [2.75, 3.05) is 5.32 Å². The maximum absolute atomic E-state index is 11.1. The zero-order valence-corrected chi connectivity index (χ0v) is 9.70. The van der Waals surface area contributed by atoms with Crippen molar-refractivity contribution in [3.63, 3.8) is 0 Å². The Morgan fingerprint density at radius 1 is 1.47 bits per heavy atom. The molecule has 98 valence electrons. The normalized spacial score (nSPS) is 10.1. The molecule has 19 heavy (non-hydrogen) atoms. The molecule has 8 nitrogen and oxygen atoms in total. The number of hydrogen-bond donors (Lipinski definition) is 2. The van der Waals surface area contributed by atoms with Crippen molar-refractivity contribution in [1.29, 1.82) is 0 Å². The molecule has 0 saturated heterocycles. The van der Waals surface area contributed by atoms with Gasteiger partial charge in [0.2, 0.25) is 5.91 Å². The van der Waals surface area contributed by atoms with E-state index in [1.807, 2.05) is 0 Å². The number of aromatic nitrogens is 1. The fourth-order valence-corrected chi connectivity index (χ4v) is 1.50.